The molecule has 0 saturated heterocycles. The van der Waals surface area contributed by atoms with Crippen LogP contribution < -0.4 is 10.1 Å². The molecule has 0 aromatic carbocycles. The van der Waals surface area contributed by atoms with Gasteiger partial charge in [0.1, 0.15) is 0 Å². The van der Waals surface area contributed by atoms with Crippen molar-refractivity contribution >= 4 is 0 Å². The van der Waals surface area contributed by atoms with Crippen molar-refractivity contribution in [3.05, 3.63) is 23.9 Å². The van der Waals surface area contributed by atoms with Gasteiger partial charge >= 0.3 is 0 Å². The van der Waals surface area contributed by atoms with E-state index >= 15 is 0 Å². The summed E-state index contributed by atoms with van der Waals surface area (Å²) < 4.78 is 10.8. The number of rotatable bonds is 9. The van der Waals surface area contributed by atoms with E-state index in [0.717, 1.165) is 12.1 Å². The highest BCUT2D eigenvalue weighted by Crippen LogP contribution is 2.15. The topological polar surface area (TPSA) is 63.6 Å². The molecule has 0 bridgehead atoms. The second-order valence-corrected chi connectivity index (χ2v) is 4.15. The van der Waals surface area contributed by atoms with Gasteiger partial charge in [-0.1, -0.05) is 6.07 Å². The molecule has 0 spiro atoms. The van der Waals surface area contributed by atoms with Crippen LogP contribution in [-0.2, 0) is 11.3 Å². The number of hydrogen-bond donors (Lipinski definition) is 2. The van der Waals surface area contributed by atoms with Gasteiger partial charge in [0.15, 0.2) is 0 Å². The first-order chi connectivity index (χ1) is 8.74. The van der Waals surface area contributed by atoms with E-state index in [1.807, 2.05) is 26.0 Å². The predicted molar refractivity (Wildman–Crippen MR) is 69.6 cm³/mol. The van der Waals surface area contributed by atoms with Crippen LogP contribution in [-0.4, -0.2) is 42.6 Å². The molecule has 0 unspecified atom stereocenters. The first-order valence-corrected chi connectivity index (χ1v) is 6.24. The third kappa shape index (κ3) is 5.95. The van der Waals surface area contributed by atoms with Gasteiger partial charge in [0.25, 0.3) is 0 Å². The van der Waals surface area contributed by atoms with Crippen molar-refractivity contribution < 1.29 is 14.6 Å². The summed E-state index contributed by atoms with van der Waals surface area (Å²) >= 11 is 0. The zero-order valence-corrected chi connectivity index (χ0v) is 11.1. The van der Waals surface area contributed by atoms with E-state index in [0.29, 0.717) is 25.6 Å². The lowest BCUT2D eigenvalue weighted by molar-refractivity contribution is 0.0937. The molecule has 5 nitrogen and oxygen atoms in total. The molecule has 1 heterocycles. The summed E-state index contributed by atoms with van der Waals surface area (Å²) in [5.41, 5.74) is 1.04. The molecule has 0 aliphatic carbocycles. The Bertz CT molecular complexity index is 332. The monoisotopic (exact) mass is 254 g/mol. The van der Waals surface area contributed by atoms with Crippen molar-refractivity contribution in [1.29, 1.82) is 0 Å². The molecule has 0 saturated carbocycles. The Morgan fingerprint density at radius 1 is 1.39 bits per heavy atom. The maximum absolute atomic E-state index is 8.55. The normalized spacial score (nSPS) is 10.9. The minimum absolute atomic E-state index is 0.0645. The van der Waals surface area contributed by atoms with Crippen LogP contribution in [0.15, 0.2) is 18.3 Å². The highest BCUT2D eigenvalue weighted by molar-refractivity contribution is 5.25. The van der Waals surface area contributed by atoms with Crippen LogP contribution in [0.5, 0.6) is 5.88 Å². The number of nitrogens with one attached hydrogen (secondary N) is 1. The van der Waals surface area contributed by atoms with Gasteiger partial charge in [-0.2, -0.15) is 0 Å². The standard InChI is InChI=1S/C13H22N2O3/c1-11(2)18-13-12(4-3-5-15-13)10-14-6-8-17-9-7-16/h3-5,11,14,16H,6-10H2,1-2H3. The smallest absolute Gasteiger partial charge is 0.218 e. The zero-order valence-electron chi connectivity index (χ0n) is 11.1. The van der Waals surface area contributed by atoms with E-state index in [1.165, 1.54) is 0 Å². The molecule has 1 aromatic heterocycles. The molecular weight excluding hydrogens is 232 g/mol. The van der Waals surface area contributed by atoms with Gasteiger partial charge in [-0.25, -0.2) is 4.98 Å². The maximum atomic E-state index is 8.55. The van der Waals surface area contributed by atoms with Gasteiger partial charge in [0, 0.05) is 24.8 Å². The van der Waals surface area contributed by atoms with Crippen LogP contribution in [0.1, 0.15) is 19.4 Å². The fourth-order valence-corrected chi connectivity index (χ4v) is 1.42. The van der Waals surface area contributed by atoms with E-state index in [4.69, 9.17) is 14.6 Å². The van der Waals surface area contributed by atoms with Gasteiger partial charge in [-0.15, -0.1) is 0 Å². The van der Waals surface area contributed by atoms with Crippen LogP contribution in [0.3, 0.4) is 0 Å². The number of hydrogen-bond acceptors (Lipinski definition) is 5. The highest BCUT2D eigenvalue weighted by atomic mass is 16.5. The van der Waals surface area contributed by atoms with Gasteiger partial charge in [0.05, 0.1) is 25.9 Å². The molecule has 1 rings (SSSR count). The van der Waals surface area contributed by atoms with Crippen molar-refractivity contribution in [2.75, 3.05) is 26.4 Å². The summed E-state index contributed by atoms with van der Waals surface area (Å²) in [5, 5.41) is 11.8. The van der Waals surface area contributed by atoms with E-state index in [9.17, 15) is 0 Å². The molecule has 18 heavy (non-hydrogen) atoms. The number of aromatic nitrogens is 1. The largest absolute Gasteiger partial charge is 0.475 e. The SMILES string of the molecule is CC(C)Oc1ncccc1CNCCOCCO. The molecule has 2 N–H and O–H groups in total. The van der Waals surface area contributed by atoms with Crippen molar-refractivity contribution in [2.45, 2.75) is 26.5 Å². The van der Waals surface area contributed by atoms with Crippen LogP contribution in [0.2, 0.25) is 0 Å². The predicted octanol–water partition coefficient (Wildman–Crippen LogP) is 0.967. The summed E-state index contributed by atoms with van der Waals surface area (Å²) in [6.07, 6.45) is 1.84. The number of aliphatic hydroxyl groups excluding tert-OH is 1. The van der Waals surface area contributed by atoms with E-state index in [-0.39, 0.29) is 12.7 Å². The maximum Gasteiger partial charge on any atom is 0.218 e. The summed E-state index contributed by atoms with van der Waals surface area (Å²) in [4.78, 5) is 4.22. The van der Waals surface area contributed by atoms with E-state index in [2.05, 4.69) is 10.3 Å². The van der Waals surface area contributed by atoms with E-state index in [1.54, 1.807) is 6.20 Å². The summed E-state index contributed by atoms with van der Waals surface area (Å²) in [6.45, 7) is 6.42. The number of nitrogens with zero attached hydrogens (tertiary/aromatic N) is 1. The molecule has 1 aromatic rings. The van der Waals surface area contributed by atoms with Crippen LogP contribution in [0.25, 0.3) is 0 Å². The Labute approximate surface area is 108 Å². The number of pyridine rings is 1. The summed E-state index contributed by atoms with van der Waals surface area (Å²) in [5.74, 6) is 0.677. The summed E-state index contributed by atoms with van der Waals surface area (Å²) in [6, 6.07) is 3.89. The molecule has 5 heteroatoms. The van der Waals surface area contributed by atoms with Gasteiger partial charge in [0.2, 0.25) is 5.88 Å². The Balaban J connectivity index is 2.32. The first-order valence-electron chi connectivity index (χ1n) is 6.24. The Morgan fingerprint density at radius 3 is 2.94 bits per heavy atom. The summed E-state index contributed by atoms with van der Waals surface area (Å²) in [7, 11) is 0. The molecule has 102 valence electrons. The van der Waals surface area contributed by atoms with Crippen LogP contribution in [0, 0.1) is 0 Å². The van der Waals surface area contributed by atoms with Gasteiger partial charge < -0.3 is 19.9 Å². The molecular formula is C13H22N2O3. The fraction of sp³-hybridized carbons (Fsp3) is 0.615. The minimum atomic E-state index is 0.0645. The number of ether oxygens (including phenoxy) is 2. The Morgan fingerprint density at radius 2 is 2.22 bits per heavy atom. The quantitative estimate of drug-likeness (QED) is 0.643. The third-order valence-electron chi connectivity index (χ3n) is 2.17. The van der Waals surface area contributed by atoms with Crippen molar-refractivity contribution in [3.63, 3.8) is 0 Å². The molecule has 0 aliphatic heterocycles. The zero-order chi connectivity index (χ0) is 13.2. The lowest BCUT2D eigenvalue weighted by atomic mass is 10.2. The molecule has 0 radical (unpaired) electrons. The van der Waals surface area contributed by atoms with Crippen molar-refractivity contribution in [1.82, 2.24) is 10.3 Å². The van der Waals surface area contributed by atoms with Crippen LogP contribution in [0.4, 0.5) is 0 Å². The second kappa shape index (κ2) is 8.85. The Kier molecular flexibility index (Phi) is 7.32. The fourth-order valence-electron chi connectivity index (χ4n) is 1.42. The number of aliphatic hydroxyl groups is 1. The first kappa shape index (κ1) is 14.9. The van der Waals surface area contributed by atoms with Crippen LogP contribution >= 0.6 is 0 Å². The highest BCUT2D eigenvalue weighted by Gasteiger charge is 2.05. The lowest BCUT2D eigenvalue weighted by Gasteiger charge is -2.13. The minimum Gasteiger partial charge on any atom is -0.475 e. The lowest BCUT2D eigenvalue weighted by Crippen LogP contribution is -2.21. The molecule has 0 fully saturated rings. The second-order valence-electron chi connectivity index (χ2n) is 4.15. The van der Waals surface area contributed by atoms with Gasteiger partial charge in [-0.05, 0) is 19.9 Å². The third-order valence-corrected chi connectivity index (χ3v) is 2.17. The van der Waals surface area contributed by atoms with E-state index < -0.39 is 0 Å². The van der Waals surface area contributed by atoms with Crippen molar-refractivity contribution in [3.8, 4) is 5.88 Å². The van der Waals surface area contributed by atoms with Gasteiger partial charge in [-0.3, -0.25) is 0 Å². The average molecular weight is 254 g/mol. The molecule has 0 amide bonds. The molecule has 0 aliphatic rings. The Hall–Kier alpha value is -1.17. The average Bonchev–Trinajstić information content (AvgIpc) is 2.35. The molecule has 0 atom stereocenters. The van der Waals surface area contributed by atoms with Crippen molar-refractivity contribution in [2.24, 2.45) is 0 Å².